The molecule has 0 aromatic heterocycles. The van der Waals surface area contributed by atoms with Gasteiger partial charge in [-0.1, -0.05) is 269 Å². The fraction of sp³-hybridized carbons (Fsp3) is 0.597. The Balaban J connectivity index is 4.20. The van der Waals surface area contributed by atoms with Gasteiger partial charge in [-0.3, -0.25) is 14.4 Å². The number of rotatable bonds is 55. The fourth-order valence-corrected chi connectivity index (χ4v) is 8.13. The Hall–Kier alpha value is -4.97. The van der Waals surface area contributed by atoms with Gasteiger partial charge in [-0.2, -0.15) is 0 Å². The second-order valence-electron chi connectivity index (χ2n) is 20.2. The predicted molar refractivity (Wildman–Crippen MR) is 338 cm³/mol. The van der Waals surface area contributed by atoms with Crippen LogP contribution in [0.25, 0.3) is 0 Å². The van der Waals surface area contributed by atoms with Crippen LogP contribution in [0.1, 0.15) is 258 Å². The van der Waals surface area contributed by atoms with Gasteiger partial charge in [-0.15, -0.1) is 0 Å². The lowest BCUT2D eigenvalue weighted by atomic mass is 10.1. The Morgan fingerprint density at radius 3 is 0.782 bits per heavy atom. The van der Waals surface area contributed by atoms with Gasteiger partial charge in [0.2, 0.25) is 0 Å². The lowest BCUT2D eigenvalue weighted by molar-refractivity contribution is -0.167. The maximum atomic E-state index is 12.8. The van der Waals surface area contributed by atoms with E-state index in [1.807, 2.05) is 0 Å². The second-order valence-corrected chi connectivity index (χ2v) is 20.2. The molecule has 6 heteroatoms. The van der Waals surface area contributed by atoms with E-state index >= 15 is 0 Å². The molecule has 0 heterocycles. The fourth-order valence-electron chi connectivity index (χ4n) is 8.13. The molecular weight excluding hydrogens is 961 g/mol. The molecule has 0 saturated carbocycles. The molecule has 0 aliphatic heterocycles. The van der Waals surface area contributed by atoms with Gasteiger partial charge in [-0.25, -0.2) is 0 Å². The highest BCUT2D eigenvalue weighted by atomic mass is 16.6. The van der Waals surface area contributed by atoms with Crippen LogP contribution in [0, 0.1) is 0 Å². The van der Waals surface area contributed by atoms with Crippen molar-refractivity contribution in [3.05, 3.63) is 158 Å². The monoisotopic (exact) mass is 1070 g/mol. The minimum absolute atomic E-state index is 0.0929. The molecule has 0 bridgehead atoms. The summed E-state index contributed by atoms with van der Waals surface area (Å²) in [5.41, 5.74) is 0. The summed E-state index contributed by atoms with van der Waals surface area (Å²) in [6.07, 6.45) is 94.2. The number of hydrogen-bond donors (Lipinski definition) is 0. The van der Waals surface area contributed by atoms with E-state index in [0.29, 0.717) is 19.3 Å². The van der Waals surface area contributed by atoms with Crippen LogP contribution in [0.5, 0.6) is 0 Å². The first kappa shape index (κ1) is 73.0. The molecule has 0 amide bonds. The van der Waals surface area contributed by atoms with Crippen molar-refractivity contribution >= 4 is 17.9 Å². The molecule has 0 saturated heterocycles. The topological polar surface area (TPSA) is 78.9 Å². The number of allylic oxidation sites excluding steroid dienone is 26. The molecule has 0 spiro atoms. The summed E-state index contributed by atoms with van der Waals surface area (Å²) < 4.78 is 16.8. The van der Waals surface area contributed by atoms with Crippen molar-refractivity contribution in [3.8, 4) is 0 Å². The molecule has 0 aromatic carbocycles. The summed E-state index contributed by atoms with van der Waals surface area (Å²) >= 11 is 0. The van der Waals surface area contributed by atoms with Crippen LogP contribution in [-0.4, -0.2) is 37.2 Å². The maximum Gasteiger partial charge on any atom is 0.306 e. The van der Waals surface area contributed by atoms with E-state index in [4.69, 9.17) is 14.2 Å². The molecule has 1 atom stereocenters. The zero-order valence-electron chi connectivity index (χ0n) is 50.1. The summed E-state index contributed by atoms with van der Waals surface area (Å²) in [5, 5.41) is 0. The van der Waals surface area contributed by atoms with Gasteiger partial charge in [0.05, 0.1) is 0 Å². The maximum absolute atomic E-state index is 12.8. The Morgan fingerprint density at radius 2 is 0.500 bits per heavy atom. The molecule has 438 valence electrons. The molecule has 78 heavy (non-hydrogen) atoms. The number of unbranched alkanes of at least 4 members (excludes halogenated alkanes) is 18. The molecule has 0 aliphatic rings. The SMILES string of the molecule is CC/C=C\C/C=C\C/C=C\C/C=C\C/C=C\C/C=C\C/C=C\C/C=C\C/C=C\CCCCCCCC(=O)OCC(COC(=O)CCCCCCCC)OC(=O)CCCCCCCCCC/C=C\C/C=C\C/C=C\C/C=C\CC. The number of carbonyl (C=O) groups excluding carboxylic acids is 3. The molecule has 1 unspecified atom stereocenters. The molecule has 0 aromatic rings. The van der Waals surface area contributed by atoms with E-state index in [0.717, 1.165) is 167 Å². The van der Waals surface area contributed by atoms with Gasteiger partial charge < -0.3 is 14.2 Å². The third kappa shape index (κ3) is 61.9. The van der Waals surface area contributed by atoms with Crippen molar-refractivity contribution in [1.29, 1.82) is 0 Å². The zero-order chi connectivity index (χ0) is 56.4. The van der Waals surface area contributed by atoms with Crippen LogP contribution in [0.15, 0.2) is 158 Å². The molecule has 0 radical (unpaired) electrons. The Bertz CT molecular complexity index is 1760. The lowest BCUT2D eigenvalue weighted by Crippen LogP contribution is -2.30. The smallest absolute Gasteiger partial charge is 0.306 e. The van der Waals surface area contributed by atoms with Crippen molar-refractivity contribution in [3.63, 3.8) is 0 Å². The van der Waals surface area contributed by atoms with Crippen LogP contribution in [0.2, 0.25) is 0 Å². The van der Waals surface area contributed by atoms with Gasteiger partial charge >= 0.3 is 17.9 Å². The van der Waals surface area contributed by atoms with Crippen LogP contribution in [-0.2, 0) is 28.6 Å². The third-order valence-corrected chi connectivity index (χ3v) is 12.8. The van der Waals surface area contributed by atoms with Gasteiger partial charge in [0, 0.05) is 19.3 Å². The highest BCUT2D eigenvalue weighted by Crippen LogP contribution is 2.14. The van der Waals surface area contributed by atoms with Gasteiger partial charge in [0.15, 0.2) is 6.10 Å². The lowest BCUT2D eigenvalue weighted by Gasteiger charge is -2.18. The van der Waals surface area contributed by atoms with Crippen LogP contribution < -0.4 is 0 Å². The Kier molecular flexibility index (Phi) is 60.4. The first-order chi connectivity index (χ1) is 38.5. The first-order valence-corrected chi connectivity index (χ1v) is 31.5. The number of esters is 3. The number of carbonyl (C=O) groups is 3. The van der Waals surface area contributed by atoms with Crippen molar-refractivity contribution < 1.29 is 28.6 Å². The second kappa shape index (κ2) is 64.6. The van der Waals surface area contributed by atoms with E-state index in [2.05, 4.69) is 179 Å². The minimum atomic E-state index is -0.795. The summed E-state index contributed by atoms with van der Waals surface area (Å²) in [5.74, 6) is -0.936. The summed E-state index contributed by atoms with van der Waals surface area (Å²) in [7, 11) is 0. The van der Waals surface area contributed by atoms with Crippen LogP contribution >= 0.6 is 0 Å². The highest BCUT2D eigenvalue weighted by Gasteiger charge is 2.19. The molecule has 0 N–H and O–H groups in total. The average molecular weight is 1080 g/mol. The van der Waals surface area contributed by atoms with Gasteiger partial charge in [0.25, 0.3) is 0 Å². The van der Waals surface area contributed by atoms with Gasteiger partial charge in [0.1, 0.15) is 13.2 Å². The van der Waals surface area contributed by atoms with Crippen molar-refractivity contribution in [2.75, 3.05) is 13.2 Å². The van der Waals surface area contributed by atoms with E-state index in [9.17, 15) is 14.4 Å². The normalized spacial score (nSPS) is 13.2. The van der Waals surface area contributed by atoms with Gasteiger partial charge in [-0.05, 0) is 128 Å². The summed E-state index contributed by atoms with van der Waals surface area (Å²) in [6, 6.07) is 0. The standard InChI is InChI=1S/C72H114O6/c1-4-7-10-13-16-18-20-22-24-26-28-30-31-32-33-34-35-36-37-38-39-40-41-43-44-46-48-50-52-54-56-59-62-65-71(74)77-68-69(67-76-70(73)64-61-58-15-12-9-6-3)78-72(75)66-63-60-57-55-53-51-49-47-45-42-29-27-25-23-21-19-17-14-11-8-5-2/h7-8,10-11,16-19,22-25,28-30,32-33,35-36,38-39,41-43,46,48,69H,4-6,9,12-15,20-21,26-27,31,34,37,40,44-45,47,49-68H2,1-3H3/b10-7-,11-8-,18-16-,19-17-,24-22-,25-23-,30-28-,33-32-,36-35-,39-38-,42-29-,43-41-,48-46-. The third-order valence-electron chi connectivity index (χ3n) is 12.8. The van der Waals surface area contributed by atoms with E-state index in [1.165, 1.54) is 51.4 Å². The van der Waals surface area contributed by atoms with E-state index in [1.54, 1.807) is 0 Å². The minimum Gasteiger partial charge on any atom is -0.462 e. The molecule has 6 nitrogen and oxygen atoms in total. The van der Waals surface area contributed by atoms with Crippen molar-refractivity contribution in [2.45, 2.75) is 264 Å². The van der Waals surface area contributed by atoms with E-state index in [-0.39, 0.29) is 31.1 Å². The van der Waals surface area contributed by atoms with Crippen molar-refractivity contribution in [1.82, 2.24) is 0 Å². The predicted octanol–water partition coefficient (Wildman–Crippen LogP) is 21.7. The average Bonchev–Trinajstić information content (AvgIpc) is 3.44. The van der Waals surface area contributed by atoms with Crippen molar-refractivity contribution in [2.24, 2.45) is 0 Å². The Labute approximate surface area is 480 Å². The molecule has 0 aliphatic carbocycles. The largest absolute Gasteiger partial charge is 0.462 e. The van der Waals surface area contributed by atoms with Crippen LogP contribution in [0.4, 0.5) is 0 Å². The molecule has 0 fully saturated rings. The Morgan fingerprint density at radius 1 is 0.269 bits per heavy atom. The zero-order valence-corrected chi connectivity index (χ0v) is 50.1. The summed E-state index contributed by atoms with van der Waals surface area (Å²) in [4.78, 5) is 38.0. The molecule has 0 rings (SSSR count). The first-order valence-electron chi connectivity index (χ1n) is 31.5. The number of ether oxygens (including phenoxy) is 3. The number of hydrogen-bond acceptors (Lipinski definition) is 6. The highest BCUT2D eigenvalue weighted by molar-refractivity contribution is 5.71. The van der Waals surface area contributed by atoms with Crippen LogP contribution in [0.3, 0.4) is 0 Å². The quantitative estimate of drug-likeness (QED) is 0.0261. The molecular formula is C72H114O6. The summed E-state index contributed by atoms with van der Waals surface area (Å²) in [6.45, 7) is 6.32. The van der Waals surface area contributed by atoms with E-state index < -0.39 is 6.10 Å².